The molecule has 2 N–H and O–H groups in total. The van der Waals surface area contributed by atoms with Gasteiger partial charge in [0, 0.05) is 26.1 Å². The lowest BCUT2D eigenvalue weighted by Crippen LogP contribution is -2.42. The summed E-state index contributed by atoms with van der Waals surface area (Å²) in [5, 5.41) is 6.37. The highest BCUT2D eigenvalue weighted by molar-refractivity contribution is 5.75. The lowest BCUT2D eigenvalue weighted by atomic mass is 9.95. The Morgan fingerprint density at radius 3 is 2.93 bits per heavy atom. The zero-order valence-electron chi connectivity index (χ0n) is 9.71. The summed E-state index contributed by atoms with van der Waals surface area (Å²) in [6.45, 7) is 4.52. The third-order valence-corrected chi connectivity index (χ3v) is 2.88. The summed E-state index contributed by atoms with van der Waals surface area (Å²) in [7, 11) is 1.61. The fraction of sp³-hybridized carbons (Fsp3) is 0.909. The van der Waals surface area contributed by atoms with Gasteiger partial charge >= 0.3 is 0 Å². The van der Waals surface area contributed by atoms with Gasteiger partial charge in [-0.3, -0.25) is 4.79 Å². The van der Waals surface area contributed by atoms with Crippen molar-refractivity contribution in [1.29, 1.82) is 0 Å². The number of nitrogens with one attached hydrogen (secondary N) is 2. The molecule has 0 aromatic rings. The van der Waals surface area contributed by atoms with Gasteiger partial charge in [0.05, 0.1) is 6.61 Å². The number of piperidine rings is 1. The molecule has 4 heteroatoms. The number of methoxy groups -OCH3 is 1. The Hall–Kier alpha value is -0.610. The summed E-state index contributed by atoms with van der Waals surface area (Å²) >= 11 is 0. The molecular weight excluding hydrogens is 192 g/mol. The van der Waals surface area contributed by atoms with Crippen molar-refractivity contribution in [3.63, 3.8) is 0 Å². The minimum absolute atomic E-state index is 0.0930. The third-order valence-electron chi connectivity index (χ3n) is 2.88. The number of amides is 1. The summed E-state index contributed by atoms with van der Waals surface area (Å²) in [4.78, 5) is 11.3. The molecule has 0 aromatic carbocycles. The predicted molar refractivity (Wildman–Crippen MR) is 59.7 cm³/mol. The summed E-state index contributed by atoms with van der Waals surface area (Å²) in [5.41, 5.74) is 0. The van der Waals surface area contributed by atoms with E-state index in [0.29, 0.717) is 25.0 Å². The number of hydrogen-bond acceptors (Lipinski definition) is 3. The van der Waals surface area contributed by atoms with E-state index in [1.807, 2.05) is 0 Å². The molecule has 4 nitrogen and oxygen atoms in total. The third kappa shape index (κ3) is 5.14. The van der Waals surface area contributed by atoms with Crippen LogP contribution in [0, 0.1) is 5.92 Å². The Morgan fingerprint density at radius 2 is 2.33 bits per heavy atom. The van der Waals surface area contributed by atoms with Gasteiger partial charge in [0.15, 0.2) is 0 Å². The van der Waals surface area contributed by atoms with E-state index in [4.69, 9.17) is 4.74 Å². The number of ether oxygens (including phenoxy) is 1. The normalized spacial score (nSPS) is 26.3. The zero-order chi connectivity index (χ0) is 11.1. The van der Waals surface area contributed by atoms with Crippen molar-refractivity contribution in [3.8, 4) is 0 Å². The second-order valence-corrected chi connectivity index (χ2v) is 4.30. The molecule has 1 rings (SSSR count). The fourth-order valence-corrected chi connectivity index (χ4v) is 1.77. The fourth-order valence-electron chi connectivity index (χ4n) is 1.77. The quantitative estimate of drug-likeness (QED) is 0.702. The summed E-state index contributed by atoms with van der Waals surface area (Å²) in [6, 6.07) is 0.630. The van der Waals surface area contributed by atoms with E-state index < -0.39 is 0 Å². The Balaban J connectivity index is 2.06. The molecule has 15 heavy (non-hydrogen) atoms. The molecule has 88 valence electrons. The molecule has 0 radical (unpaired) electrons. The molecule has 2 atom stereocenters. The van der Waals surface area contributed by atoms with Crippen molar-refractivity contribution in [2.75, 3.05) is 26.8 Å². The van der Waals surface area contributed by atoms with Crippen LogP contribution in [0.2, 0.25) is 0 Å². The minimum Gasteiger partial charge on any atom is -0.384 e. The lowest BCUT2D eigenvalue weighted by Gasteiger charge is -2.27. The van der Waals surface area contributed by atoms with Gasteiger partial charge < -0.3 is 15.4 Å². The van der Waals surface area contributed by atoms with Crippen LogP contribution in [0.3, 0.4) is 0 Å². The molecule has 0 saturated carbocycles. The van der Waals surface area contributed by atoms with E-state index in [1.165, 1.54) is 12.8 Å². The van der Waals surface area contributed by atoms with Gasteiger partial charge in [-0.15, -0.1) is 0 Å². The van der Waals surface area contributed by atoms with Crippen LogP contribution in [-0.2, 0) is 9.53 Å². The Bertz CT molecular complexity index is 189. The maximum atomic E-state index is 11.3. The summed E-state index contributed by atoms with van der Waals surface area (Å²) < 4.78 is 4.85. The van der Waals surface area contributed by atoms with Crippen LogP contribution in [0.5, 0.6) is 0 Å². The SMILES string of the molecule is COCCC(=O)NCC1CCC(C)NC1. The molecule has 0 spiro atoms. The largest absolute Gasteiger partial charge is 0.384 e. The van der Waals surface area contributed by atoms with Gasteiger partial charge in [-0.25, -0.2) is 0 Å². The van der Waals surface area contributed by atoms with Crippen LogP contribution >= 0.6 is 0 Å². The average Bonchev–Trinajstić information content (AvgIpc) is 2.25. The maximum Gasteiger partial charge on any atom is 0.222 e. The van der Waals surface area contributed by atoms with Crippen LogP contribution in [0.15, 0.2) is 0 Å². The Morgan fingerprint density at radius 1 is 1.53 bits per heavy atom. The van der Waals surface area contributed by atoms with E-state index in [1.54, 1.807) is 7.11 Å². The molecule has 1 aliphatic heterocycles. The number of hydrogen-bond donors (Lipinski definition) is 2. The molecule has 1 saturated heterocycles. The smallest absolute Gasteiger partial charge is 0.222 e. The Kier molecular flexibility index (Phi) is 5.65. The van der Waals surface area contributed by atoms with E-state index in [0.717, 1.165) is 13.1 Å². The molecule has 2 unspecified atom stereocenters. The second kappa shape index (κ2) is 6.80. The highest BCUT2D eigenvalue weighted by Crippen LogP contribution is 2.12. The molecule has 1 heterocycles. The molecule has 0 aromatic heterocycles. The van der Waals surface area contributed by atoms with Gasteiger partial charge in [-0.05, 0) is 32.2 Å². The first-order valence-corrected chi connectivity index (χ1v) is 5.71. The van der Waals surface area contributed by atoms with Crippen molar-refractivity contribution >= 4 is 5.91 Å². The average molecular weight is 214 g/mol. The van der Waals surface area contributed by atoms with Crippen LogP contribution in [0.4, 0.5) is 0 Å². The highest BCUT2D eigenvalue weighted by Gasteiger charge is 2.17. The number of carbonyl (C=O) groups excluding carboxylic acids is 1. The highest BCUT2D eigenvalue weighted by atomic mass is 16.5. The van der Waals surface area contributed by atoms with E-state index in [9.17, 15) is 4.79 Å². The van der Waals surface area contributed by atoms with E-state index >= 15 is 0 Å². The maximum absolute atomic E-state index is 11.3. The van der Waals surface area contributed by atoms with Crippen molar-refractivity contribution in [2.45, 2.75) is 32.2 Å². The Labute approximate surface area is 91.8 Å². The standard InChI is InChI=1S/C11H22N2O2/c1-9-3-4-10(7-12-9)8-13-11(14)5-6-15-2/h9-10,12H,3-8H2,1-2H3,(H,13,14). The summed E-state index contributed by atoms with van der Waals surface area (Å²) in [6.07, 6.45) is 2.88. The van der Waals surface area contributed by atoms with Crippen LogP contribution in [0.1, 0.15) is 26.2 Å². The molecule has 1 fully saturated rings. The predicted octanol–water partition coefficient (Wildman–Crippen LogP) is 0.527. The van der Waals surface area contributed by atoms with Crippen LogP contribution < -0.4 is 10.6 Å². The first kappa shape index (κ1) is 12.5. The van der Waals surface area contributed by atoms with E-state index in [2.05, 4.69) is 17.6 Å². The first-order valence-electron chi connectivity index (χ1n) is 5.71. The van der Waals surface area contributed by atoms with Crippen molar-refractivity contribution in [2.24, 2.45) is 5.92 Å². The molecule has 0 bridgehead atoms. The lowest BCUT2D eigenvalue weighted by molar-refractivity contribution is -0.122. The summed E-state index contributed by atoms with van der Waals surface area (Å²) in [5.74, 6) is 0.683. The van der Waals surface area contributed by atoms with Gasteiger partial charge in [0.1, 0.15) is 0 Å². The number of carbonyl (C=O) groups is 1. The molecule has 1 amide bonds. The zero-order valence-corrected chi connectivity index (χ0v) is 9.71. The molecular formula is C11H22N2O2. The topological polar surface area (TPSA) is 50.4 Å². The van der Waals surface area contributed by atoms with Gasteiger partial charge in [0.25, 0.3) is 0 Å². The van der Waals surface area contributed by atoms with Gasteiger partial charge in [0.2, 0.25) is 5.91 Å². The van der Waals surface area contributed by atoms with Gasteiger partial charge in [-0.1, -0.05) is 0 Å². The van der Waals surface area contributed by atoms with Gasteiger partial charge in [-0.2, -0.15) is 0 Å². The molecule has 0 aliphatic carbocycles. The monoisotopic (exact) mass is 214 g/mol. The number of rotatable bonds is 5. The first-order chi connectivity index (χ1) is 7.22. The van der Waals surface area contributed by atoms with Crippen molar-refractivity contribution < 1.29 is 9.53 Å². The van der Waals surface area contributed by atoms with Crippen LogP contribution in [-0.4, -0.2) is 38.8 Å². The van der Waals surface area contributed by atoms with Crippen molar-refractivity contribution in [1.82, 2.24) is 10.6 Å². The second-order valence-electron chi connectivity index (χ2n) is 4.30. The minimum atomic E-state index is 0.0930. The molecule has 1 aliphatic rings. The van der Waals surface area contributed by atoms with E-state index in [-0.39, 0.29) is 5.91 Å². The van der Waals surface area contributed by atoms with Crippen molar-refractivity contribution in [3.05, 3.63) is 0 Å². The van der Waals surface area contributed by atoms with Crippen LogP contribution in [0.25, 0.3) is 0 Å².